The first-order chi connectivity index (χ1) is 17.0. The Morgan fingerprint density at radius 3 is 2.28 bits per heavy atom. The van der Waals surface area contributed by atoms with E-state index in [0.29, 0.717) is 25.0 Å². The third kappa shape index (κ3) is 5.61. The van der Waals surface area contributed by atoms with E-state index in [2.05, 4.69) is 53.4 Å². The highest BCUT2D eigenvalue weighted by Gasteiger charge is 2.38. The van der Waals surface area contributed by atoms with Crippen molar-refractivity contribution in [1.82, 2.24) is 0 Å². The Labute approximate surface area is 214 Å². The van der Waals surface area contributed by atoms with Crippen LogP contribution >= 0.6 is 0 Å². The van der Waals surface area contributed by atoms with Gasteiger partial charge < -0.3 is 19.6 Å². The minimum atomic E-state index is -0.816. The van der Waals surface area contributed by atoms with Crippen molar-refractivity contribution in [2.45, 2.75) is 44.9 Å². The van der Waals surface area contributed by atoms with Gasteiger partial charge in [0.2, 0.25) is 0 Å². The summed E-state index contributed by atoms with van der Waals surface area (Å²) in [6.45, 7) is 8.64. The first-order valence-corrected chi connectivity index (χ1v) is 12.3. The SMILES string of the molecule is C=Cc1cc(N(C)C)cc2c1/C(=N/C(=O)OCCCCCC(=O)O)c1ccc(N(C)C)cc1C2(C)C. The Morgan fingerprint density at radius 2 is 1.67 bits per heavy atom. The first-order valence-electron chi connectivity index (χ1n) is 12.3. The lowest BCUT2D eigenvalue weighted by Crippen LogP contribution is -2.33. The molecule has 1 amide bonds. The zero-order chi connectivity index (χ0) is 26.6. The van der Waals surface area contributed by atoms with Crippen LogP contribution < -0.4 is 9.80 Å². The van der Waals surface area contributed by atoms with Crippen LogP contribution in [0.3, 0.4) is 0 Å². The van der Waals surface area contributed by atoms with Gasteiger partial charge in [-0.05, 0) is 60.2 Å². The van der Waals surface area contributed by atoms with Gasteiger partial charge in [-0.1, -0.05) is 32.6 Å². The number of hydrogen-bond acceptors (Lipinski definition) is 5. The quantitative estimate of drug-likeness (QED) is 0.452. The molecule has 0 heterocycles. The molecule has 0 bridgehead atoms. The van der Waals surface area contributed by atoms with E-state index in [9.17, 15) is 9.59 Å². The number of aliphatic carboxylic acids is 1. The second-order valence-electron chi connectivity index (χ2n) is 10.1. The largest absolute Gasteiger partial charge is 0.481 e. The van der Waals surface area contributed by atoms with Gasteiger partial charge in [0.15, 0.2) is 0 Å². The number of amides is 1. The van der Waals surface area contributed by atoms with Crippen LogP contribution in [0.5, 0.6) is 0 Å². The molecule has 0 saturated carbocycles. The van der Waals surface area contributed by atoms with Crippen LogP contribution in [0, 0.1) is 0 Å². The lowest BCUT2D eigenvalue weighted by molar-refractivity contribution is -0.137. The third-order valence-corrected chi connectivity index (χ3v) is 6.71. The van der Waals surface area contributed by atoms with Crippen molar-refractivity contribution < 1.29 is 19.4 Å². The molecule has 7 heteroatoms. The summed E-state index contributed by atoms with van der Waals surface area (Å²) in [4.78, 5) is 32.1. The lowest BCUT2D eigenvalue weighted by atomic mass is 9.67. The van der Waals surface area contributed by atoms with Gasteiger partial charge in [-0.3, -0.25) is 4.79 Å². The van der Waals surface area contributed by atoms with Gasteiger partial charge in [0, 0.05) is 62.5 Å². The van der Waals surface area contributed by atoms with Crippen LogP contribution in [0.2, 0.25) is 0 Å². The second-order valence-corrected chi connectivity index (χ2v) is 10.1. The minimum Gasteiger partial charge on any atom is -0.481 e. The predicted molar refractivity (Wildman–Crippen MR) is 147 cm³/mol. The molecule has 1 aliphatic rings. The van der Waals surface area contributed by atoms with Gasteiger partial charge in [-0.15, -0.1) is 0 Å². The number of carboxylic acid groups (broad SMARTS) is 1. The highest BCUT2D eigenvalue weighted by molar-refractivity contribution is 6.21. The van der Waals surface area contributed by atoms with E-state index in [1.807, 2.05) is 46.4 Å². The smallest absolute Gasteiger partial charge is 0.434 e. The zero-order valence-corrected chi connectivity index (χ0v) is 22.2. The number of carbonyl (C=O) groups is 2. The molecule has 36 heavy (non-hydrogen) atoms. The van der Waals surface area contributed by atoms with Gasteiger partial charge in [0.05, 0.1) is 12.3 Å². The molecule has 0 atom stereocenters. The average Bonchev–Trinajstić information content (AvgIpc) is 2.82. The molecular weight excluding hydrogens is 454 g/mol. The Kier molecular flexibility index (Phi) is 8.23. The molecular formula is C29H37N3O4. The molecule has 0 unspecified atom stereocenters. The monoisotopic (exact) mass is 491 g/mol. The second kappa shape index (κ2) is 11.0. The summed E-state index contributed by atoms with van der Waals surface area (Å²) in [5.41, 5.74) is 7.23. The Hall–Kier alpha value is -3.61. The first kappa shape index (κ1) is 27.0. The number of fused-ring (bicyclic) bond motifs is 2. The van der Waals surface area contributed by atoms with E-state index in [1.54, 1.807) is 0 Å². The summed E-state index contributed by atoms with van der Waals surface area (Å²) in [5.74, 6) is -0.816. The summed E-state index contributed by atoms with van der Waals surface area (Å²) in [6, 6.07) is 10.4. The molecule has 3 rings (SSSR count). The van der Waals surface area contributed by atoms with Crippen molar-refractivity contribution in [2.24, 2.45) is 4.99 Å². The Morgan fingerprint density at radius 1 is 1.00 bits per heavy atom. The van der Waals surface area contributed by atoms with E-state index in [4.69, 9.17) is 9.84 Å². The van der Waals surface area contributed by atoms with Crippen LogP contribution in [0.25, 0.3) is 6.08 Å². The molecule has 0 aromatic heterocycles. The van der Waals surface area contributed by atoms with Gasteiger partial charge >= 0.3 is 12.1 Å². The van der Waals surface area contributed by atoms with Crippen LogP contribution in [0.1, 0.15) is 67.3 Å². The molecule has 0 aliphatic heterocycles. The van der Waals surface area contributed by atoms with Gasteiger partial charge in [-0.25, -0.2) is 4.79 Å². The van der Waals surface area contributed by atoms with E-state index in [1.165, 1.54) is 0 Å². The summed E-state index contributed by atoms with van der Waals surface area (Å²) in [5, 5.41) is 8.76. The summed E-state index contributed by atoms with van der Waals surface area (Å²) in [7, 11) is 8.03. The van der Waals surface area contributed by atoms with E-state index >= 15 is 0 Å². The fourth-order valence-corrected chi connectivity index (χ4v) is 4.59. The molecule has 1 N–H and O–H groups in total. The molecule has 192 valence electrons. The van der Waals surface area contributed by atoms with Crippen LogP contribution in [-0.2, 0) is 14.9 Å². The van der Waals surface area contributed by atoms with E-state index in [-0.39, 0.29) is 18.4 Å². The summed E-state index contributed by atoms with van der Waals surface area (Å²) >= 11 is 0. The maximum absolute atomic E-state index is 12.8. The number of anilines is 2. The van der Waals surface area contributed by atoms with E-state index in [0.717, 1.165) is 39.2 Å². The maximum Gasteiger partial charge on any atom is 0.434 e. The zero-order valence-electron chi connectivity index (χ0n) is 22.2. The molecule has 2 aromatic carbocycles. The summed E-state index contributed by atoms with van der Waals surface area (Å²) in [6.07, 6.45) is 3.11. The number of carbonyl (C=O) groups excluding carboxylic acids is 1. The minimum absolute atomic E-state index is 0.119. The molecule has 2 aromatic rings. The molecule has 1 aliphatic carbocycles. The van der Waals surface area contributed by atoms with Crippen molar-refractivity contribution >= 4 is 35.2 Å². The van der Waals surface area contributed by atoms with Crippen molar-refractivity contribution in [2.75, 3.05) is 44.6 Å². The number of aliphatic imine (C=N–C) groups is 1. The number of unbranched alkanes of at least 4 members (excludes halogenated alkanes) is 2. The highest BCUT2D eigenvalue weighted by Crippen LogP contribution is 2.45. The maximum atomic E-state index is 12.8. The average molecular weight is 492 g/mol. The van der Waals surface area contributed by atoms with Gasteiger partial charge in [-0.2, -0.15) is 4.99 Å². The van der Waals surface area contributed by atoms with Crippen LogP contribution in [0.4, 0.5) is 16.2 Å². The topological polar surface area (TPSA) is 82.4 Å². The highest BCUT2D eigenvalue weighted by atomic mass is 16.5. The lowest BCUT2D eigenvalue weighted by Gasteiger charge is -2.38. The third-order valence-electron chi connectivity index (χ3n) is 6.71. The predicted octanol–water partition coefficient (Wildman–Crippen LogP) is 5.72. The van der Waals surface area contributed by atoms with Crippen molar-refractivity contribution in [3.05, 3.63) is 64.7 Å². The number of hydrogen-bond donors (Lipinski definition) is 1. The fourth-order valence-electron chi connectivity index (χ4n) is 4.59. The molecule has 0 fully saturated rings. The van der Waals surface area contributed by atoms with Crippen molar-refractivity contribution in [1.29, 1.82) is 0 Å². The Balaban J connectivity index is 2.07. The van der Waals surface area contributed by atoms with Crippen LogP contribution in [0.15, 0.2) is 41.9 Å². The number of ether oxygens (including phenoxy) is 1. The number of rotatable bonds is 9. The number of carboxylic acids is 1. The number of benzene rings is 2. The van der Waals surface area contributed by atoms with Crippen molar-refractivity contribution in [3.8, 4) is 0 Å². The van der Waals surface area contributed by atoms with Gasteiger partial charge in [0.1, 0.15) is 0 Å². The van der Waals surface area contributed by atoms with E-state index < -0.39 is 12.1 Å². The molecule has 0 spiro atoms. The van der Waals surface area contributed by atoms with Crippen LogP contribution in [-0.4, -0.2) is 57.7 Å². The fraction of sp³-hybridized carbons (Fsp3) is 0.414. The molecule has 0 radical (unpaired) electrons. The standard InChI is InChI=1S/C29H37N3O4/c1-8-19-16-21(32(6)7)18-24-26(19)27(30-28(35)36-15-11-9-10-12-25(33)34)22-14-13-20(31(4)5)17-23(22)29(24,2)3/h8,13-14,16-18H,1,9-12,15H2,2-7H3,(H,33,34)/b30-27+. The normalized spacial score (nSPS) is 14.6. The summed E-state index contributed by atoms with van der Waals surface area (Å²) < 4.78 is 5.42. The number of nitrogens with zero attached hydrogens (tertiary/aromatic N) is 3. The van der Waals surface area contributed by atoms with Crippen molar-refractivity contribution in [3.63, 3.8) is 0 Å². The van der Waals surface area contributed by atoms with Gasteiger partial charge in [0.25, 0.3) is 0 Å². The Bertz CT molecular complexity index is 1200. The molecule has 0 saturated heterocycles. The molecule has 7 nitrogen and oxygen atoms in total.